The highest BCUT2D eigenvalue weighted by Crippen LogP contribution is 2.31. The van der Waals surface area contributed by atoms with Crippen molar-refractivity contribution in [3.8, 4) is 0 Å². The van der Waals surface area contributed by atoms with Gasteiger partial charge in [0, 0.05) is 0 Å². The molecular weight excluding hydrogens is 268 g/mol. The van der Waals surface area contributed by atoms with E-state index >= 15 is 0 Å². The molecule has 0 aromatic carbocycles. The van der Waals surface area contributed by atoms with E-state index < -0.39 is 6.10 Å². The summed E-state index contributed by atoms with van der Waals surface area (Å²) in [5.74, 6) is -0.215. The number of pyridine rings is 1. The first-order chi connectivity index (χ1) is 9.66. The van der Waals surface area contributed by atoms with Gasteiger partial charge in [0.15, 0.2) is 0 Å². The van der Waals surface area contributed by atoms with Crippen LogP contribution in [0.1, 0.15) is 56.9 Å². The average Bonchev–Trinajstić information content (AvgIpc) is 2.42. The number of aromatic nitrogens is 1. The number of rotatable bonds is 5. The Kier molecular flexibility index (Phi) is 5.87. The quantitative estimate of drug-likeness (QED) is 0.774. The first-order valence-electron chi connectivity index (χ1n) is 7.23. The summed E-state index contributed by atoms with van der Waals surface area (Å²) in [6.45, 7) is 9.46. The molecule has 0 spiro atoms. The molecule has 0 bridgehead atoms. The van der Waals surface area contributed by atoms with Crippen molar-refractivity contribution in [2.75, 3.05) is 6.61 Å². The molecule has 3 N–H and O–H groups in total. The average molecular weight is 294 g/mol. The Hall–Kier alpha value is -1.46. The van der Waals surface area contributed by atoms with Crippen molar-refractivity contribution in [1.82, 2.24) is 10.3 Å². The molecule has 0 radical (unpaired) electrons. The van der Waals surface area contributed by atoms with E-state index in [2.05, 4.69) is 10.3 Å². The zero-order valence-corrected chi connectivity index (χ0v) is 13.4. The first kappa shape index (κ1) is 17.6. The molecule has 118 valence electrons. The number of hydrogen-bond acceptors (Lipinski definition) is 4. The van der Waals surface area contributed by atoms with Crippen LogP contribution in [0.5, 0.6) is 0 Å². The third-order valence-electron chi connectivity index (χ3n) is 3.42. The van der Waals surface area contributed by atoms with Gasteiger partial charge in [-0.2, -0.15) is 0 Å². The lowest BCUT2D eigenvalue weighted by Crippen LogP contribution is -2.41. The van der Waals surface area contributed by atoms with Crippen LogP contribution in [0.15, 0.2) is 18.2 Å². The van der Waals surface area contributed by atoms with Crippen LogP contribution in [0.3, 0.4) is 0 Å². The molecule has 1 heterocycles. The Bertz CT molecular complexity index is 481. The number of carbonyl (C=O) groups excluding carboxylic acids is 1. The minimum atomic E-state index is -0.746. The van der Waals surface area contributed by atoms with Gasteiger partial charge in [0.25, 0.3) is 5.91 Å². The largest absolute Gasteiger partial charge is 0.394 e. The lowest BCUT2D eigenvalue weighted by molar-refractivity contribution is 0.0585. The van der Waals surface area contributed by atoms with E-state index in [1.54, 1.807) is 18.2 Å². The molecule has 1 amide bonds. The van der Waals surface area contributed by atoms with E-state index in [4.69, 9.17) is 0 Å². The van der Waals surface area contributed by atoms with Crippen molar-refractivity contribution >= 4 is 5.91 Å². The van der Waals surface area contributed by atoms with Crippen LogP contribution in [-0.2, 0) is 0 Å². The van der Waals surface area contributed by atoms with Gasteiger partial charge in [-0.1, -0.05) is 40.7 Å². The molecule has 0 aliphatic rings. The Labute approximate surface area is 126 Å². The van der Waals surface area contributed by atoms with Crippen LogP contribution in [0.25, 0.3) is 0 Å². The number of nitrogens with zero attached hydrogens (tertiary/aromatic N) is 1. The Morgan fingerprint density at radius 1 is 1.33 bits per heavy atom. The van der Waals surface area contributed by atoms with Crippen LogP contribution >= 0.6 is 0 Å². The fourth-order valence-corrected chi connectivity index (χ4v) is 1.84. The zero-order chi connectivity index (χ0) is 16.2. The standard InChI is InChI=1S/C16H26N2O3/c1-10(2)13(9-19)18-15(21)12-8-6-7-11(17-12)14(20)16(3,4)5/h6-8,10,13-14,19-20H,9H2,1-5H3,(H,18,21)/t13-,14+/m1/s1. The van der Waals surface area contributed by atoms with E-state index in [1.165, 1.54) is 0 Å². The van der Waals surface area contributed by atoms with Crippen LogP contribution in [-0.4, -0.2) is 33.8 Å². The highest BCUT2D eigenvalue weighted by atomic mass is 16.3. The number of nitrogens with one attached hydrogen (secondary N) is 1. The Balaban J connectivity index is 2.92. The second-order valence-corrected chi connectivity index (χ2v) is 6.72. The van der Waals surface area contributed by atoms with Crippen molar-refractivity contribution in [3.05, 3.63) is 29.6 Å². The zero-order valence-electron chi connectivity index (χ0n) is 13.4. The van der Waals surface area contributed by atoms with Crippen LogP contribution in [0, 0.1) is 11.3 Å². The fourth-order valence-electron chi connectivity index (χ4n) is 1.84. The second-order valence-electron chi connectivity index (χ2n) is 6.72. The molecule has 0 fully saturated rings. The monoisotopic (exact) mass is 294 g/mol. The van der Waals surface area contributed by atoms with Crippen molar-refractivity contribution < 1.29 is 15.0 Å². The summed E-state index contributed by atoms with van der Waals surface area (Å²) in [5.41, 5.74) is 0.364. The predicted molar refractivity (Wildman–Crippen MR) is 81.8 cm³/mol. The molecule has 0 unspecified atom stereocenters. The maximum atomic E-state index is 12.2. The Morgan fingerprint density at radius 2 is 1.95 bits per heavy atom. The minimum absolute atomic E-state index is 0.117. The molecule has 2 atom stereocenters. The number of hydrogen-bond donors (Lipinski definition) is 3. The van der Waals surface area contributed by atoms with Crippen LogP contribution in [0.2, 0.25) is 0 Å². The molecule has 0 aliphatic carbocycles. The summed E-state index contributed by atoms with van der Waals surface area (Å²) in [7, 11) is 0. The van der Waals surface area contributed by atoms with E-state index in [9.17, 15) is 15.0 Å². The SMILES string of the molecule is CC(C)[C@@H](CO)NC(=O)c1cccc([C@H](O)C(C)(C)C)n1. The van der Waals surface area contributed by atoms with Gasteiger partial charge >= 0.3 is 0 Å². The van der Waals surface area contributed by atoms with Crippen molar-refractivity contribution in [3.63, 3.8) is 0 Å². The maximum absolute atomic E-state index is 12.2. The number of aliphatic hydroxyl groups excluding tert-OH is 2. The van der Waals surface area contributed by atoms with Crippen LogP contribution < -0.4 is 5.32 Å². The molecule has 5 heteroatoms. The lowest BCUT2D eigenvalue weighted by atomic mass is 9.87. The summed E-state index contributed by atoms with van der Waals surface area (Å²) in [5, 5.41) is 22.3. The molecule has 1 rings (SSSR count). The van der Waals surface area contributed by atoms with Crippen LogP contribution in [0.4, 0.5) is 0 Å². The summed E-state index contributed by atoms with van der Waals surface area (Å²) < 4.78 is 0. The minimum Gasteiger partial charge on any atom is -0.394 e. The Morgan fingerprint density at radius 3 is 2.43 bits per heavy atom. The van der Waals surface area contributed by atoms with Gasteiger partial charge in [-0.25, -0.2) is 4.98 Å². The predicted octanol–water partition coefficient (Wildman–Crippen LogP) is 1.91. The van der Waals surface area contributed by atoms with Gasteiger partial charge in [0.05, 0.1) is 18.3 Å². The van der Waals surface area contributed by atoms with E-state index in [-0.39, 0.29) is 35.6 Å². The lowest BCUT2D eigenvalue weighted by Gasteiger charge is -2.25. The number of aliphatic hydroxyl groups is 2. The fraction of sp³-hybridized carbons (Fsp3) is 0.625. The highest BCUT2D eigenvalue weighted by molar-refractivity contribution is 5.92. The summed E-state index contributed by atoms with van der Waals surface area (Å²) in [6, 6.07) is 4.70. The van der Waals surface area contributed by atoms with Gasteiger partial charge < -0.3 is 15.5 Å². The van der Waals surface area contributed by atoms with E-state index in [0.717, 1.165) is 0 Å². The van der Waals surface area contributed by atoms with Crippen molar-refractivity contribution in [2.24, 2.45) is 11.3 Å². The molecule has 1 aromatic heterocycles. The topological polar surface area (TPSA) is 82.5 Å². The van der Waals surface area contributed by atoms with E-state index in [1.807, 2.05) is 34.6 Å². The molecule has 1 aromatic rings. The molecular formula is C16H26N2O3. The normalized spacial score (nSPS) is 14.9. The highest BCUT2D eigenvalue weighted by Gasteiger charge is 2.26. The summed E-state index contributed by atoms with van der Waals surface area (Å²) >= 11 is 0. The molecule has 0 saturated carbocycles. The summed E-state index contributed by atoms with van der Waals surface area (Å²) in [4.78, 5) is 16.4. The molecule has 21 heavy (non-hydrogen) atoms. The molecule has 0 aliphatic heterocycles. The third-order valence-corrected chi connectivity index (χ3v) is 3.42. The molecule has 5 nitrogen and oxygen atoms in total. The maximum Gasteiger partial charge on any atom is 0.270 e. The summed E-state index contributed by atoms with van der Waals surface area (Å²) in [6.07, 6.45) is -0.746. The van der Waals surface area contributed by atoms with Gasteiger partial charge in [0.2, 0.25) is 0 Å². The number of amides is 1. The van der Waals surface area contributed by atoms with E-state index in [0.29, 0.717) is 5.69 Å². The van der Waals surface area contributed by atoms with Gasteiger partial charge in [-0.3, -0.25) is 4.79 Å². The van der Waals surface area contributed by atoms with Gasteiger partial charge in [-0.15, -0.1) is 0 Å². The molecule has 0 saturated heterocycles. The number of carbonyl (C=O) groups is 1. The van der Waals surface area contributed by atoms with Gasteiger partial charge in [0.1, 0.15) is 11.8 Å². The van der Waals surface area contributed by atoms with Gasteiger partial charge in [-0.05, 0) is 23.5 Å². The van der Waals surface area contributed by atoms with Crippen molar-refractivity contribution in [1.29, 1.82) is 0 Å². The second kappa shape index (κ2) is 7.00. The third kappa shape index (κ3) is 4.79. The first-order valence-corrected chi connectivity index (χ1v) is 7.23. The van der Waals surface area contributed by atoms with Crippen molar-refractivity contribution in [2.45, 2.75) is 46.8 Å². The smallest absolute Gasteiger partial charge is 0.270 e.